The lowest BCUT2D eigenvalue weighted by Gasteiger charge is -2.32. The molecule has 4 nitrogen and oxygen atoms in total. The summed E-state index contributed by atoms with van der Waals surface area (Å²) in [4.78, 5) is 11.4. The molecular formula is C11H24N2O2. The van der Waals surface area contributed by atoms with Crippen molar-refractivity contribution in [2.45, 2.75) is 58.7 Å². The van der Waals surface area contributed by atoms with Crippen LogP contribution in [-0.4, -0.2) is 29.7 Å². The molecule has 0 rings (SSSR count). The van der Waals surface area contributed by atoms with E-state index in [2.05, 4.69) is 5.32 Å². The highest BCUT2D eigenvalue weighted by Gasteiger charge is 2.33. The molecule has 0 fully saturated rings. The highest BCUT2D eigenvalue weighted by atomic mass is 16.5. The van der Waals surface area contributed by atoms with Crippen molar-refractivity contribution in [3.63, 3.8) is 0 Å². The van der Waals surface area contributed by atoms with Crippen molar-refractivity contribution in [3.8, 4) is 0 Å². The van der Waals surface area contributed by atoms with Gasteiger partial charge in [0.2, 0.25) is 5.91 Å². The zero-order valence-corrected chi connectivity index (χ0v) is 10.7. The minimum absolute atomic E-state index is 0.186. The smallest absolute Gasteiger partial charge is 0.239 e. The maximum Gasteiger partial charge on any atom is 0.239 e. The fourth-order valence-corrected chi connectivity index (χ4v) is 1.18. The molecule has 0 radical (unpaired) electrons. The summed E-state index contributed by atoms with van der Waals surface area (Å²) < 4.78 is 5.59. The van der Waals surface area contributed by atoms with Gasteiger partial charge < -0.3 is 10.5 Å². The van der Waals surface area contributed by atoms with Crippen molar-refractivity contribution in [2.75, 3.05) is 6.61 Å². The summed E-state index contributed by atoms with van der Waals surface area (Å²) in [7, 11) is 0. The maximum atomic E-state index is 11.4. The first kappa shape index (κ1) is 14.4. The Kier molecular flexibility index (Phi) is 4.74. The van der Waals surface area contributed by atoms with Crippen LogP contribution in [0.15, 0.2) is 0 Å². The summed E-state index contributed by atoms with van der Waals surface area (Å²) in [6.45, 7) is 11.8. The molecule has 0 aliphatic heterocycles. The van der Waals surface area contributed by atoms with E-state index in [0.717, 1.165) is 0 Å². The van der Waals surface area contributed by atoms with Crippen LogP contribution in [0.4, 0.5) is 0 Å². The minimum atomic E-state index is -0.804. The number of carbonyl (C=O) groups is 1. The summed E-state index contributed by atoms with van der Waals surface area (Å²) >= 11 is 0. The molecule has 4 heteroatoms. The van der Waals surface area contributed by atoms with E-state index in [0.29, 0.717) is 0 Å². The van der Waals surface area contributed by atoms with Gasteiger partial charge in [0, 0.05) is 6.04 Å². The van der Waals surface area contributed by atoms with E-state index in [1.807, 2.05) is 34.6 Å². The van der Waals surface area contributed by atoms with Crippen LogP contribution >= 0.6 is 0 Å². The molecule has 0 aliphatic carbocycles. The van der Waals surface area contributed by atoms with Crippen LogP contribution in [0.1, 0.15) is 41.5 Å². The molecule has 0 spiro atoms. The van der Waals surface area contributed by atoms with Crippen LogP contribution in [0.5, 0.6) is 0 Å². The van der Waals surface area contributed by atoms with Crippen LogP contribution < -0.4 is 11.1 Å². The predicted molar refractivity (Wildman–Crippen MR) is 61.6 cm³/mol. The van der Waals surface area contributed by atoms with Crippen molar-refractivity contribution < 1.29 is 9.53 Å². The van der Waals surface area contributed by atoms with E-state index < -0.39 is 5.54 Å². The Hall–Kier alpha value is -0.610. The van der Waals surface area contributed by atoms with E-state index in [1.54, 1.807) is 6.92 Å². The van der Waals surface area contributed by atoms with Crippen LogP contribution in [-0.2, 0) is 9.53 Å². The highest BCUT2D eigenvalue weighted by molar-refractivity contribution is 5.84. The fraction of sp³-hybridized carbons (Fsp3) is 0.909. The van der Waals surface area contributed by atoms with Gasteiger partial charge in [0.05, 0.1) is 12.2 Å². The van der Waals surface area contributed by atoms with Crippen LogP contribution in [0.2, 0.25) is 0 Å². The third-order valence-corrected chi connectivity index (χ3v) is 1.94. The lowest BCUT2D eigenvalue weighted by atomic mass is 10.0. The zero-order chi connectivity index (χ0) is 12.3. The van der Waals surface area contributed by atoms with Crippen molar-refractivity contribution in [1.82, 2.24) is 5.32 Å². The van der Waals surface area contributed by atoms with E-state index in [4.69, 9.17) is 10.5 Å². The molecule has 3 N–H and O–H groups in total. The summed E-state index contributed by atoms with van der Waals surface area (Å²) in [5, 5.41) is 3.13. The maximum absolute atomic E-state index is 11.4. The van der Waals surface area contributed by atoms with Gasteiger partial charge in [0.15, 0.2) is 0 Å². The Labute approximate surface area is 92.6 Å². The lowest BCUT2D eigenvalue weighted by Crippen LogP contribution is -2.59. The molecule has 0 bridgehead atoms. The molecule has 0 aliphatic rings. The van der Waals surface area contributed by atoms with Gasteiger partial charge in [0.25, 0.3) is 0 Å². The van der Waals surface area contributed by atoms with E-state index in [-0.39, 0.29) is 24.2 Å². The molecule has 0 heterocycles. The Morgan fingerprint density at radius 1 is 1.33 bits per heavy atom. The molecule has 0 saturated carbocycles. The van der Waals surface area contributed by atoms with Gasteiger partial charge >= 0.3 is 0 Å². The summed E-state index contributed by atoms with van der Waals surface area (Å²) in [6.07, 6.45) is 0. The Morgan fingerprint density at radius 2 is 1.80 bits per heavy atom. The number of carbonyl (C=O) groups excluding carboxylic acids is 1. The third-order valence-electron chi connectivity index (χ3n) is 1.94. The number of ether oxygens (including phenoxy) is 1. The standard InChI is InChI=1S/C11H24N2O2/c1-8(2)13-11(6,9(12)14)7-15-10(3,4)5/h8,13H,7H2,1-6H3,(H2,12,14). The van der Waals surface area contributed by atoms with E-state index in [1.165, 1.54) is 0 Å². The van der Waals surface area contributed by atoms with Gasteiger partial charge in [-0.15, -0.1) is 0 Å². The van der Waals surface area contributed by atoms with E-state index >= 15 is 0 Å². The van der Waals surface area contributed by atoms with E-state index in [9.17, 15) is 4.79 Å². The second-order valence-corrected chi connectivity index (χ2v) is 5.40. The van der Waals surface area contributed by atoms with Crippen molar-refractivity contribution in [2.24, 2.45) is 5.73 Å². The quantitative estimate of drug-likeness (QED) is 0.722. The number of hydrogen-bond acceptors (Lipinski definition) is 3. The van der Waals surface area contributed by atoms with Gasteiger partial charge in [-0.05, 0) is 41.5 Å². The average molecular weight is 216 g/mol. The molecular weight excluding hydrogens is 192 g/mol. The first-order valence-electron chi connectivity index (χ1n) is 5.28. The molecule has 1 unspecified atom stereocenters. The third kappa shape index (κ3) is 5.74. The lowest BCUT2D eigenvalue weighted by molar-refractivity contribution is -0.129. The van der Waals surface area contributed by atoms with Gasteiger partial charge in [-0.3, -0.25) is 10.1 Å². The number of nitrogens with two attached hydrogens (primary N) is 1. The van der Waals surface area contributed by atoms with Crippen molar-refractivity contribution in [1.29, 1.82) is 0 Å². The Balaban J connectivity index is 4.46. The zero-order valence-electron chi connectivity index (χ0n) is 10.7. The van der Waals surface area contributed by atoms with Crippen molar-refractivity contribution in [3.05, 3.63) is 0 Å². The van der Waals surface area contributed by atoms with Gasteiger partial charge in [-0.2, -0.15) is 0 Å². The molecule has 1 atom stereocenters. The summed E-state index contributed by atoms with van der Waals surface area (Å²) in [6, 6.07) is 0.186. The molecule has 90 valence electrons. The number of nitrogens with one attached hydrogen (secondary N) is 1. The normalized spacial score (nSPS) is 16.5. The predicted octanol–water partition coefficient (Wildman–Crippen LogP) is 1.04. The topological polar surface area (TPSA) is 64.3 Å². The number of amides is 1. The SMILES string of the molecule is CC(C)NC(C)(COC(C)(C)C)C(N)=O. The highest BCUT2D eigenvalue weighted by Crippen LogP contribution is 2.13. The Morgan fingerprint density at radius 3 is 2.07 bits per heavy atom. The summed E-state index contributed by atoms with van der Waals surface area (Å²) in [5.74, 6) is -0.388. The van der Waals surface area contributed by atoms with Crippen LogP contribution in [0.3, 0.4) is 0 Å². The van der Waals surface area contributed by atoms with Gasteiger partial charge in [-0.1, -0.05) is 0 Å². The molecule has 0 aromatic heterocycles. The monoisotopic (exact) mass is 216 g/mol. The second kappa shape index (κ2) is 4.94. The number of hydrogen-bond donors (Lipinski definition) is 2. The molecule has 0 aromatic rings. The first-order chi connectivity index (χ1) is 6.57. The average Bonchev–Trinajstić information content (AvgIpc) is 1.98. The van der Waals surface area contributed by atoms with Crippen molar-refractivity contribution >= 4 is 5.91 Å². The fourth-order valence-electron chi connectivity index (χ4n) is 1.18. The van der Waals surface area contributed by atoms with Crippen LogP contribution in [0.25, 0.3) is 0 Å². The molecule has 15 heavy (non-hydrogen) atoms. The Bertz CT molecular complexity index is 221. The molecule has 0 aromatic carbocycles. The molecule has 0 saturated heterocycles. The summed E-state index contributed by atoms with van der Waals surface area (Å²) in [5.41, 5.74) is 4.29. The number of primary amides is 1. The number of rotatable bonds is 5. The molecule has 1 amide bonds. The first-order valence-corrected chi connectivity index (χ1v) is 5.28. The minimum Gasteiger partial charge on any atom is -0.373 e. The van der Waals surface area contributed by atoms with Crippen LogP contribution in [0, 0.1) is 0 Å². The van der Waals surface area contributed by atoms with Gasteiger partial charge in [-0.25, -0.2) is 0 Å². The largest absolute Gasteiger partial charge is 0.373 e. The second-order valence-electron chi connectivity index (χ2n) is 5.40. The van der Waals surface area contributed by atoms with Gasteiger partial charge in [0.1, 0.15) is 5.54 Å².